The first kappa shape index (κ1) is 11.9. The van der Waals surface area contributed by atoms with Crippen LogP contribution in [0.15, 0.2) is 24.3 Å². The van der Waals surface area contributed by atoms with Crippen LogP contribution < -0.4 is 5.32 Å². The molecule has 1 saturated heterocycles. The van der Waals surface area contributed by atoms with Crippen molar-refractivity contribution in [2.24, 2.45) is 0 Å². The minimum absolute atomic E-state index is 0.129. The third-order valence-electron chi connectivity index (χ3n) is 3.23. The van der Waals surface area contributed by atoms with Gasteiger partial charge in [0, 0.05) is 16.6 Å². The maximum absolute atomic E-state index is 10.3. The van der Waals surface area contributed by atoms with Crippen LogP contribution in [0, 0.1) is 0 Å². The predicted molar refractivity (Wildman–Crippen MR) is 66.6 cm³/mol. The van der Waals surface area contributed by atoms with Gasteiger partial charge in [-0.25, -0.2) is 0 Å². The summed E-state index contributed by atoms with van der Waals surface area (Å²) in [6, 6.07) is 7.58. The topological polar surface area (TPSA) is 32.3 Å². The molecule has 1 aliphatic heterocycles. The van der Waals surface area contributed by atoms with E-state index in [-0.39, 0.29) is 11.6 Å². The zero-order valence-electron chi connectivity index (χ0n) is 9.70. The highest BCUT2D eigenvalue weighted by atomic mass is 35.5. The second kappa shape index (κ2) is 4.36. The number of hydrogen-bond donors (Lipinski definition) is 2. The second-order valence-corrected chi connectivity index (χ2v) is 5.61. The van der Waals surface area contributed by atoms with Gasteiger partial charge < -0.3 is 10.4 Å². The molecule has 88 valence electrons. The van der Waals surface area contributed by atoms with Gasteiger partial charge in [-0.1, -0.05) is 23.7 Å². The van der Waals surface area contributed by atoms with Gasteiger partial charge in [-0.05, 0) is 44.4 Å². The summed E-state index contributed by atoms with van der Waals surface area (Å²) in [5.41, 5.74) is 1.02. The maximum Gasteiger partial charge on any atom is 0.0943 e. The molecule has 0 spiro atoms. The molecule has 2 N–H and O–H groups in total. The molecule has 2 rings (SSSR count). The molecule has 1 aromatic rings. The quantitative estimate of drug-likeness (QED) is 0.832. The summed E-state index contributed by atoms with van der Waals surface area (Å²) in [4.78, 5) is 0. The standard InChI is InChI=1S/C13H18ClNO/c1-13(2)7-6-11(15-13)12(16)9-4-3-5-10(14)8-9/h3-5,8,11-12,15-16H,6-7H2,1-2H3/t11-,12+/m0/s1. The molecule has 1 aromatic carbocycles. The molecular weight excluding hydrogens is 222 g/mol. The molecule has 3 heteroatoms. The zero-order valence-corrected chi connectivity index (χ0v) is 10.5. The zero-order chi connectivity index (χ0) is 11.8. The van der Waals surface area contributed by atoms with Crippen molar-refractivity contribution in [1.82, 2.24) is 5.32 Å². The van der Waals surface area contributed by atoms with E-state index in [1.54, 1.807) is 0 Å². The summed E-state index contributed by atoms with van der Waals surface area (Å²) in [7, 11) is 0. The van der Waals surface area contributed by atoms with Crippen LogP contribution in [0.5, 0.6) is 0 Å². The molecular formula is C13H18ClNO. The van der Waals surface area contributed by atoms with Gasteiger partial charge in [0.1, 0.15) is 0 Å². The molecule has 0 aliphatic carbocycles. The summed E-state index contributed by atoms with van der Waals surface area (Å²) < 4.78 is 0. The fourth-order valence-corrected chi connectivity index (χ4v) is 2.52. The van der Waals surface area contributed by atoms with Gasteiger partial charge >= 0.3 is 0 Å². The summed E-state index contributed by atoms with van der Waals surface area (Å²) >= 11 is 5.92. The third-order valence-corrected chi connectivity index (χ3v) is 3.46. The Labute approximate surface area is 102 Å². The summed E-state index contributed by atoms with van der Waals surface area (Å²) in [6.07, 6.45) is 1.62. The van der Waals surface area contributed by atoms with Crippen molar-refractivity contribution >= 4 is 11.6 Å². The summed E-state index contributed by atoms with van der Waals surface area (Å²) in [6.45, 7) is 4.33. The first-order chi connectivity index (χ1) is 7.48. The van der Waals surface area contributed by atoms with E-state index in [9.17, 15) is 5.11 Å². The van der Waals surface area contributed by atoms with E-state index in [0.29, 0.717) is 5.02 Å². The van der Waals surface area contributed by atoms with Crippen molar-refractivity contribution in [3.05, 3.63) is 34.9 Å². The van der Waals surface area contributed by atoms with E-state index in [1.165, 1.54) is 0 Å². The fraction of sp³-hybridized carbons (Fsp3) is 0.538. The van der Waals surface area contributed by atoms with Crippen LogP contribution in [0.3, 0.4) is 0 Å². The molecule has 2 nitrogen and oxygen atoms in total. The molecule has 0 unspecified atom stereocenters. The van der Waals surface area contributed by atoms with Crippen molar-refractivity contribution in [2.45, 2.75) is 44.4 Å². The van der Waals surface area contributed by atoms with Crippen LogP contribution in [0.1, 0.15) is 38.4 Å². The average Bonchev–Trinajstić information content (AvgIpc) is 2.58. The highest BCUT2D eigenvalue weighted by Crippen LogP contribution is 2.30. The van der Waals surface area contributed by atoms with Crippen LogP contribution in [-0.4, -0.2) is 16.7 Å². The minimum atomic E-state index is -0.472. The number of hydrogen-bond acceptors (Lipinski definition) is 2. The molecule has 1 aliphatic rings. The van der Waals surface area contributed by atoms with Crippen LogP contribution in [-0.2, 0) is 0 Å². The number of halogens is 1. The lowest BCUT2D eigenvalue weighted by atomic mass is 10.0. The van der Waals surface area contributed by atoms with Gasteiger partial charge in [-0.3, -0.25) is 0 Å². The highest BCUT2D eigenvalue weighted by Gasteiger charge is 2.34. The van der Waals surface area contributed by atoms with Gasteiger partial charge in [0.2, 0.25) is 0 Å². The molecule has 0 radical (unpaired) electrons. The Kier molecular flexibility index (Phi) is 3.24. The summed E-state index contributed by atoms with van der Waals surface area (Å²) in [5.74, 6) is 0. The van der Waals surface area contributed by atoms with E-state index >= 15 is 0 Å². The van der Waals surface area contributed by atoms with Gasteiger partial charge in [0.25, 0.3) is 0 Å². The number of benzene rings is 1. The number of aliphatic hydroxyl groups excluding tert-OH is 1. The third kappa shape index (κ3) is 2.57. The predicted octanol–water partition coefficient (Wildman–Crippen LogP) is 2.90. The van der Waals surface area contributed by atoms with E-state index < -0.39 is 6.10 Å². The number of aliphatic hydroxyl groups is 1. The van der Waals surface area contributed by atoms with Crippen LogP contribution in [0.2, 0.25) is 5.02 Å². The molecule has 2 atom stereocenters. The number of rotatable bonds is 2. The minimum Gasteiger partial charge on any atom is -0.387 e. The van der Waals surface area contributed by atoms with Gasteiger partial charge in [-0.15, -0.1) is 0 Å². The molecule has 1 fully saturated rings. The van der Waals surface area contributed by atoms with Crippen molar-refractivity contribution < 1.29 is 5.11 Å². The first-order valence-corrected chi connectivity index (χ1v) is 6.07. The Morgan fingerprint density at radius 3 is 2.81 bits per heavy atom. The molecule has 0 aromatic heterocycles. The van der Waals surface area contributed by atoms with Gasteiger partial charge in [0.05, 0.1) is 6.10 Å². The van der Waals surface area contributed by atoms with Crippen LogP contribution in [0.4, 0.5) is 0 Å². The second-order valence-electron chi connectivity index (χ2n) is 5.17. The molecule has 0 bridgehead atoms. The lowest BCUT2D eigenvalue weighted by Crippen LogP contribution is -2.40. The van der Waals surface area contributed by atoms with E-state index in [4.69, 9.17) is 11.6 Å². The van der Waals surface area contributed by atoms with Gasteiger partial charge in [-0.2, -0.15) is 0 Å². The van der Waals surface area contributed by atoms with Crippen molar-refractivity contribution in [3.8, 4) is 0 Å². The lowest BCUT2D eigenvalue weighted by Gasteiger charge is -2.24. The number of nitrogens with one attached hydrogen (secondary N) is 1. The first-order valence-electron chi connectivity index (χ1n) is 5.69. The molecule has 0 amide bonds. The van der Waals surface area contributed by atoms with Crippen molar-refractivity contribution in [3.63, 3.8) is 0 Å². The SMILES string of the molecule is CC1(C)CC[C@@H]([C@H](O)c2cccc(Cl)c2)N1. The maximum atomic E-state index is 10.3. The largest absolute Gasteiger partial charge is 0.387 e. The van der Waals surface area contributed by atoms with E-state index in [0.717, 1.165) is 18.4 Å². The normalized spacial score (nSPS) is 25.6. The molecule has 16 heavy (non-hydrogen) atoms. The Morgan fingerprint density at radius 2 is 2.25 bits per heavy atom. The Hall–Kier alpha value is -0.570. The molecule has 0 saturated carbocycles. The van der Waals surface area contributed by atoms with Crippen molar-refractivity contribution in [2.75, 3.05) is 0 Å². The van der Waals surface area contributed by atoms with Crippen molar-refractivity contribution in [1.29, 1.82) is 0 Å². The average molecular weight is 240 g/mol. The highest BCUT2D eigenvalue weighted by molar-refractivity contribution is 6.30. The van der Waals surface area contributed by atoms with Crippen LogP contribution in [0.25, 0.3) is 0 Å². The Bertz CT molecular complexity index is 378. The Balaban J connectivity index is 2.11. The smallest absolute Gasteiger partial charge is 0.0943 e. The summed E-state index contributed by atoms with van der Waals surface area (Å²) in [5, 5.41) is 14.4. The van der Waals surface area contributed by atoms with E-state index in [2.05, 4.69) is 19.2 Å². The van der Waals surface area contributed by atoms with Crippen LogP contribution >= 0.6 is 11.6 Å². The van der Waals surface area contributed by atoms with E-state index in [1.807, 2.05) is 24.3 Å². The Morgan fingerprint density at radius 1 is 1.50 bits per heavy atom. The lowest BCUT2D eigenvalue weighted by molar-refractivity contribution is 0.131. The monoisotopic (exact) mass is 239 g/mol. The molecule has 1 heterocycles. The fourth-order valence-electron chi connectivity index (χ4n) is 2.32. The van der Waals surface area contributed by atoms with Gasteiger partial charge in [0.15, 0.2) is 0 Å².